The van der Waals surface area contributed by atoms with Gasteiger partial charge in [-0.1, -0.05) is 12.1 Å². The van der Waals surface area contributed by atoms with E-state index >= 15 is 0 Å². The minimum Gasteiger partial charge on any atom is -0.258 e. The van der Waals surface area contributed by atoms with Gasteiger partial charge in [-0.05, 0) is 5.56 Å². The third-order valence-electron chi connectivity index (χ3n) is 1.39. The van der Waals surface area contributed by atoms with Crippen LogP contribution in [0.4, 0.5) is 5.69 Å². The van der Waals surface area contributed by atoms with E-state index in [4.69, 9.17) is 0 Å². The Hall–Kier alpha value is -1.03. The lowest BCUT2D eigenvalue weighted by atomic mass is 10.2. The van der Waals surface area contributed by atoms with Crippen LogP contribution in [0.25, 0.3) is 0 Å². The van der Waals surface area contributed by atoms with Gasteiger partial charge in [0.15, 0.2) is 0 Å². The van der Waals surface area contributed by atoms with E-state index in [1.165, 1.54) is 17.8 Å². The van der Waals surface area contributed by atoms with E-state index in [-0.39, 0.29) is 5.69 Å². The normalized spacial score (nSPS) is 9.75. The van der Waals surface area contributed by atoms with E-state index in [2.05, 4.69) is 6.26 Å². The molecule has 1 rings (SSSR count). The van der Waals surface area contributed by atoms with E-state index < -0.39 is 4.92 Å². The van der Waals surface area contributed by atoms with Crippen LogP contribution < -0.4 is 0 Å². The molecule has 0 N–H and O–H groups in total. The number of rotatable bonds is 3. The largest absolute Gasteiger partial charge is 0.269 e. The van der Waals surface area contributed by atoms with Crippen molar-refractivity contribution < 1.29 is 4.92 Å². The Morgan fingerprint density at radius 2 is 2.33 bits per heavy atom. The molecule has 0 aliphatic heterocycles. The minimum absolute atomic E-state index is 0.140. The summed E-state index contributed by atoms with van der Waals surface area (Å²) in [7, 11) is 0. The van der Waals surface area contributed by atoms with Crippen molar-refractivity contribution in [3.63, 3.8) is 0 Å². The van der Waals surface area contributed by atoms with Crippen molar-refractivity contribution in [3.8, 4) is 0 Å². The molecule has 3 nitrogen and oxygen atoms in total. The molecule has 1 aromatic carbocycles. The highest BCUT2D eigenvalue weighted by Crippen LogP contribution is 2.16. The average Bonchev–Trinajstić information content (AvgIpc) is 2.05. The Kier molecular flexibility index (Phi) is 3.10. The first kappa shape index (κ1) is 9.06. The van der Waals surface area contributed by atoms with E-state index in [0.29, 0.717) is 5.75 Å². The van der Waals surface area contributed by atoms with Crippen LogP contribution in [0.3, 0.4) is 0 Å². The van der Waals surface area contributed by atoms with Crippen LogP contribution in [0.2, 0.25) is 0 Å². The molecule has 4 heteroatoms. The van der Waals surface area contributed by atoms with Crippen molar-refractivity contribution in [3.05, 3.63) is 46.2 Å². The fourth-order valence-electron chi connectivity index (χ4n) is 0.878. The lowest BCUT2D eigenvalue weighted by Gasteiger charge is -1.96. The molecule has 0 amide bonds. The van der Waals surface area contributed by atoms with Gasteiger partial charge in [0.1, 0.15) is 0 Å². The van der Waals surface area contributed by atoms with Gasteiger partial charge in [-0.2, -0.15) is 11.8 Å². The van der Waals surface area contributed by atoms with Gasteiger partial charge in [-0.3, -0.25) is 10.1 Å². The fourth-order valence-corrected chi connectivity index (χ4v) is 1.29. The zero-order valence-electron chi connectivity index (χ0n) is 6.40. The highest BCUT2D eigenvalue weighted by atomic mass is 32.2. The van der Waals surface area contributed by atoms with Gasteiger partial charge in [0.05, 0.1) is 4.92 Å². The smallest absolute Gasteiger partial charge is 0.258 e. The third-order valence-corrected chi connectivity index (χ3v) is 1.93. The molecule has 1 aromatic rings. The molecule has 0 unspecified atom stereocenters. The summed E-state index contributed by atoms with van der Waals surface area (Å²) in [6.45, 7) is 0. The van der Waals surface area contributed by atoms with Crippen molar-refractivity contribution in [2.45, 2.75) is 5.75 Å². The summed E-state index contributed by atoms with van der Waals surface area (Å²) >= 11 is 1.40. The molecule has 0 aliphatic rings. The van der Waals surface area contributed by atoms with Crippen molar-refractivity contribution >= 4 is 17.4 Å². The molecular weight excluding hydrogens is 174 g/mol. The molecule has 0 spiro atoms. The van der Waals surface area contributed by atoms with Crippen LogP contribution in [0, 0.1) is 16.4 Å². The quantitative estimate of drug-likeness (QED) is 0.533. The second-order valence-electron chi connectivity index (χ2n) is 2.28. The highest BCUT2D eigenvalue weighted by Gasteiger charge is 2.04. The molecule has 0 aromatic heterocycles. The molecule has 0 bridgehead atoms. The van der Waals surface area contributed by atoms with E-state index in [0.717, 1.165) is 5.56 Å². The lowest BCUT2D eigenvalue weighted by Crippen LogP contribution is -1.88. The maximum Gasteiger partial charge on any atom is 0.269 e. The van der Waals surface area contributed by atoms with Crippen molar-refractivity contribution in [2.75, 3.05) is 0 Å². The third kappa shape index (κ3) is 2.23. The second-order valence-corrected chi connectivity index (χ2v) is 2.97. The Balaban J connectivity index is 2.88. The van der Waals surface area contributed by atoms with E-state index in [1.54, 1.807) is 12.1 Å². The van der Waals surface area contributed by atoms with Crippen LogP contribution in [-0.4, -0.2) is 4.92 Å². The van der Waals surface area contributed by atoms with Crippen LogP contribution in [-0.2, 0) is 5.75 Å². The fraction of sp³-hybridized carbons (Fsp3) is 0.125. The van der Waals surface area contributed by atoms with Crippen molar-refractivity contribution in [1.29, 1.82) is 0 Å². The van der Waals surface area contributed by atoms with Crippen LogP contribution in [0.5, 0.6) is 0 Å². The zero-order chi connectivity index (χ0) is 8.97. The number of hydrogen-bond acceptors (Lipinski definition) is 3. The van der Waals surface area contributed by atoms with Gasteiger partial charge in [-0.15, -0.1) is 0 Å². The van der Waals surface area contributed by atoms with Gasteiger partial charge in [0.25, 0.3) is 5.69 Å². The summed E-state index contributed by atoms with van der Waals surface area (Å²) in [4.78, 5) is 9.95. The molecule has 0 saturated carbocycles. The molecule has 12 heavy (non-hydrogen) atoms. The SMILES string of the molecule is [CH2]SCc1cccc([N+](=O)[O-])c1. The number of benzene rings is 1. The van der Waals surface area contributed by atoms with Crippen LogP contribution >= 0.6 is 11.8 Å². The van der Waals surface area contributed by atoms with Gasteiger partial charge in [0.2, 0.25) is 0 Å². The summed E-state index contributed by atoms with van der Waals surface area (Å²) in [6, 6.07) is 6.59. The first-order valence-corrected chi connectivity index (χ1v) is 4.50. The number of nitrogens with zero attached hydrogens (tertiary/aromatic N) is 1. The summed E-state index contributed by atoms with van der Waals surface area (Å²) in [5, 5.41) is 10.3. The highest BCUT2D eigenvalue weighted by molar-refractivity contribution is 7.99. The van der Waals surface area contributed by atoms with Gasteiger partial charge < -0.3 is 0 Å². The number of non-ortho nitro benzene ring substituents is 1. The first-order chi connectivity index (χ1) is 5.74. The molecule has 0 atom stereocenters. The first-order valence-electron chi connectivity index (χ1n) is 3.34. The Labute approximate surface area is 74.9 Å². The molecule has 0 aliphatic carbocycles. The Morgan fingerprint density at radius 1 is 1.58 bits per heavy atom. The second kappa shape index (κ2) is 4.11. The van der Waals surface area contributed by atoms with E-state index in [1.807, 2.05) is 6.07 Å². The summed E-state index contributed by atoms with van der Waals surface area (Å²) in [5.74, 6) is 0.710. The Morgan fingerprint density at radius 3 is 2.92 bits per heavy atom. The zero-order valence-corrected chi connectivity index (χ0v) is 7.21. The minimum atomic E-state index is -0.392. The number of hydrogen-bond donors (Lipinski definition) is 0. The molecule has 0 fully saturated rings. The average molecular weight is 182 g/mol. The summed E-state index contributed by atoms with van der Waals surface area (Å²) < 4.78 is 0. The van der Waals surface area contributed by atoms with E-state index in [9.17, 15) is 10.1 Å². The molecular formula is C8H8NO2S. The van der Waals surface area contributed by atoms with Crippen molar-refractivity contribution in [1.82, 2.24) is 0 Å². The number of thioether (sulfide) groups is 1. The number of nitro benzene ring substituents is 1. The van der Waals surface area contributed by atoms with Crippen molar-refractivity contribution in [2.24, 2.45) is 0 Å². The predicted octanol–water partition coefficient (Wildman–Crippen LogP) is 2.62. The summed E-state index contributed by atoms with van der Waals surface area (Å²) in [6.07, 6.45) is 3.60. The molecule has 1 radical (unpaired) electrons. The topological polar surface area (TPSA) is 43.1 Å². The van der Waals surface area contributed by atoms with Gasteiger partial charge in [-0.25, -0.2) is 0 Å². The maximum absolute atomic E-state index is 10.3. The van der Waals surface area contributed by atoms with Gasteiger partial charge >= 0.3 is 0 Å². The Bertz CT molecular complexity index is 288. The molecule has 0 heterocycles. The summed E-state index contributed by atoms with van der Waals surface area (Å²) in [5.41, 5.74) is 1.07. The van der Waals surface area contributed by atoms with Gasteiger partial charge in [0, 0.05) is 24.1 Å². The molecule has 63 valence electrons. The lowest BCUT2D eigenvalue weighted by molar-refractivity contribution is -0.384. The monoisotopic (exact) mass is 182 g/mol. The standard InChI is InChI=1S/C8H8NO2S/c1-12-6-7-3-2-4-8(5-7)9(10)11/h2-5H,1,6H2. The van der Waals surface area contributed by atoms with Crippen LogP contribution in [0.1, 0.15) is 5.56 Å². The maximum atomic E-state index is 10.3. The number of nitro groups is 1. The molecule has 0 saturated heterocycles. The predicted molar refractivity (Wildman–Crippen MR) is 49.7 cm³/mol. The van der Waals surface area contributed by atoms with Crippen LogP contribution in [0.15, 0.2) is 24.3 Å².